The van der Waals surface area contributed by atoms with Crippen LogP contribution in [0.1, 0.15) is 38.2 Å². The van der Waals surface area contributed by atoms with Gasteiger partial charge in [-0.05, 0) is 62.9 Å². The summed E-state index contributed by atoms with van der Waals surface area (Å²) < 4.78 is 11.9. The summed E-state index contributed by atoms with van der Waals surface area (Å²) in [5.74, 6) is 1.88. The van der Waals surface area contributed by atoms with Crippen LogP contribution >= 0.6 is 0 Å². The molecule has 0 unspecified atom stereocenters. The first-order valence-electron chi connectivity index (χ1n) is 7.52. The van der Waals surface area contributed by atoms with E-state index in [1.165, 1.54) is 31.2 Å². The zero-order valence-corrected chi connectivity index (χ0v) is 11.7. The predicted octanol–water partition coefficient (Wildman–Crippen LogP) is 2.92. The topological polar surface area (TPSA) is 30.5 Å². The lowest BCUT2D eigenvalue weighted by Crippen LogP contribution is -2.16. The van der Waals surface area contributed by atoms with Gasteiger partial charge in [0.15, 0.2) is 11.5 Å². The van der Waals surface area contributed by atoms with Gasteiger partial charge < -0.3 is 14.8 Å². The van der Waals surface area contributed by atoms with Crippen molar-refractivity contribution in [2.75, 3.05) is 13.1 Å². The summed E-state index contributed by atoms with van der Waals surface area (Å²) in [4.78, 5) is 0. The fraction of sp³-hybridized carbons (Fsp3) is 0.625. The van der Waals surface area contributed by atoms with E-state index in [-0.39, 0.29) is 0 Å². The van der Waals surface area contributed by atoms with Crippen molar-refractivity contribution in [1.82, 2.24) is 5.32 Å². The second kappa shape index (κ2) is 5.83. The Morgan fingerprint density at radius 3 is 2.37 bits per heavy atom. The van der Waals surface area contributed by atoms with Gasteiger partial charge >= 0.3 is 0 Å². The molecular weight excluding hydrogens is 238 g/mol. The summed E-state index contributed by atoms with van der Waals surface area (Å²) in [6.45, 7) is 4.17. The SMILES string of the molecule is CCNCCc1ccc(OC2CC2)c(OC2CC2)c1. The molecule has 1 aromatic carbocycles. The number of hydrogen-bond donors (Lipinski definition) is 1. The van der Waals surface area contributed by atoms with Gasteiger partial charge in [0.1, 0.15) is 0 Å². The van der Waals surface area contributed by atoms with Crippen molar-refractivity contribution in [3.63, 3.8) is 0 Å². The van der Waals surface area contributed by atoms with Crippen molar-refractivity contribution in [1.29, 1.82) is 0 Å². The number of hydrogen-bond acceptors (Lipinski definition) is 3. The predicted molar refractivity (Wildman–Crippen MR) is 76.0 cm³/mol. The van der Waals surface area contributed by atoms with Crippen LogP contribution in [0.3, 0.4) is 0 Å². The van der Waals surface area contributed by atoms with Gasteiger partial charge in [-0.3, -0.25) is 0 Å². The highest BCUT2D eigenvalue weighted by Gasteiger charge is 2.28. The third-order valence-corrected chi connectivity index (χ3v) is 3.48. The number of ether oxygens (including phenoxy) is 2. The number of benzene rings is 1. The average molecular weight is 261 g/mol. The zero-order valence-electron chi connectivity index (χ0n) is 11.7. The Kier molecular flexibility index (Phi) is 3.92. The molecule has 3 heteroatoms. The molecule has 2 saturated carbocycles. The molecule has 0 aromatic heterocycles. The van der Waals surface area contributed by atoms with E-state index in [9.17, 15) is 0 Å². The summed E-state index contributed by atoms with van der Waals surface area (Å²) in [6.07, 6.45) is 6.63. The molecule has 1 N–H and O–H groups in total. The van der Waals surface area contributed by atoms with Gasteiger partial charge in [-0.1, -0.05) is 13.0 Å². The van der Waals surface area contributed by atoms with E-state index in [0.717, 1.165) is 31.0 Å². The van der Waals surface area contributed by atoms with E-state index in [4.69, 9.17) is 9.47 Å². The van der Waals surface area contributed by atoms with Crippen LogP contribution in [-0.4, -0.2) is 25.3 Å². The minimum atomic E-state index is 0.422. The third kappa shape index (κ3) is 3.87. The molecule has 0 aliphatic heterocycles. The summed E-state index contributed by atoms with van der Waals surface area (Å²) in [5, 5.41) is 3.35. The fourth-order valence-electron chi connectivity index (χ4n) is 2.04. The number of nitrogens with one attached hydrogen (secondary N) is 1. The first-order chi connectivity index (χ1) is 9.35. The third-order valence-electron chi connectivity index (χ3n) is 3.48. The number of likely N-dealkylation sites (N-methyl/N-ethyl adjacent to an activating group) is 1. The van der Waals surface area contributed by atoms with Crippen LogP contribution in [0.4, 0.5) is 0 Å². The quantitative estimate of drug-likeness (QED) is 0.730. The first-order valence-corrected chi connectivity index (χ1v) is 7.52. The lowest BCUT2D eigenvalue weighted by atomic mass is 10.1. The smallest absolute Gasteiger partial charge is 0.161 e. The molecule has 2 aliphatic carbocycles. The van der Waals surface area contributed by atoms with E-state index < -0.39 is 0 Å². The van der Waals surface area contributed by atoms with Gasteiger partial charge in [0, 0.05) is 0 Å². The molecule has 3 nitrogen and oxygen atoms in total. The lowest BCUT2D eigenvalue weighted by Gasteiger charge is -2.13. The molecular formula is C16H23NO2. The number of rotatable bonds is 8. The van der Waals surface area contributed by atoms with Gasteiger partial charge in [-0.25, -0.2) is 0 Å². The van der Waals surface area contributed by atoms with Crippen molar-refractivity contribution in [2.24, 2.45) is 0 Å². The maximum Gasteiger partial charge on any atom is 0.161 e. The van der Waals surface area contributed by atoms with E-state index >= 15 is 0 Å². The molecule has 0 amide bonds. The van der Waals surface area contributed by atoms with Crippen LogP contribution in [0.5, 0.6) is 11.5 Å². The molecule has 0 radical (unpaired) electrons. The molecule has 0 spiro atoms. The van der Waals surface area contributed by atoms with Gasteiger partial charge in [0.25, 0.3) is 0 Å². The average Bonchev–Trinajstić information content (AvgIpc) is 3.28. The summed E-state index contributed by atoms with van der Waals surface area (Å²) in [6, 6.07) is 6.40. The highest BCUT2D eigenvalue weighted by Crippen LogP contribution is 2.37. The highest BCUT2D eigenvalue weighted by molar-refractivity contribution is 5.43. The molecule has 3 rings (SSSR count). The summed E-state index contributed by atoms with van der Waals surface area (Å²) in [7, 11) is 0. The van der Waals surface area contributed by atoms with E-state index in [2.05, 4.69) is 30.4 Å². The van der Waals surface area contributed by atoms with Crippen molar-refractivity contribution >= 4 is 0 Å². The van der Waals surface area contributed by atoms with E-state index in [1.807, 2.05) is 0 Å². The van der Waals surface area contributed by atoms with Crippen LogP contribution in [-0.2, 0) is 6.42 Å². The first kappa shape index (κ1) is 12.8. The van der Waals surface area contributed by atoms with E-state index in [0.29, 0.717) is 12.2 Å². The van der Waals surface area contributed by atoms with Crippen LogP contribution in [0, 0.1) is 0 Å². The van der Waals surface area contributed by atoms with Crippen LogP contribution in [0.2, 0.25) is 0 Å². The van der Waals surface area contributed by atoms with Gasteiger partial charge in [0.2, 0.25) is 0 Å². The van der Waals surface area contributed by atoms with Crippen molar-refractivity contribution in [2.45, 2.75) is 51.2 Å². The molecule has 2 aliphatic rings. The van der Waals surface area contributed by atoms with Crippen LogP contribution < -0.4 is 14.8 Å². The molecule has 0 atom stereocenters. The van der Waals surface area contributed by atoms with Gasteiger partial charge in [0.05, 0.1) is 12.2 Å². The second-order valence-corrected chi connectivity index (χ2v) is 5.52. The van der Waals surface area contributed by atoms with Crippen LogP contribution in [0.25, 0.3) is 0 Å². The van der Waals surface area contributed by atoms with Crippen molar-refractivity contribution < 1.29 is 9.47 Å². The summed E-state index contributed by atoms with van der Waals surface area (Å²) >= 11 is 0. The molecule has 19 heavy (non-hydrogen) atoms. The maximum absolute atomic E-state index is 5.99. The van der Waals surface area contributed by atoms with Crippen LogP contribution in [0.15, 0.2) is 18.2 Å². The van der Waals surface area contributed by atoms with Crippen molar-refractivity contribution in [3.05, 3.63) is 23.8 Å². The maximum atomic E-state index is 5.99. The second-order valence-electron chi connectivity index (χ2n) is 5.52. The van der Waals surface area contributed by atoms with E-state index in [1.54, 1.807) is 0 Å². The Labute approximate surface area is 115 Å². The largest absolute Gasteiger partial charge is 0.487 e. The molecule has 0 heterocycles. The zero-order chi connectivity index (χ0) is 13.1. The minimum Gasteiger partial charge on any atom is -0.487 e. The van der Waals surface area contributed by atoms with Crippen molar-refractivity contribution in [3.8, 4) is 11.5 Å². The lowest BCUT2D eigenvalue weighted by molar-refractivity contribution is 0.253. The molecule has 2 fully saturated rings. The Hall–Kier alpha value is -1.22. The van der Waals surface area contributed by atoms with Gasteiger partial charge in [-0.2, -0.15) is 0 Å². The fourth-order valence-corrected chi connectivity index (χ4v) is 2.04. The molecule has 0 bridgehead atoms. The monoisotopic (exact) mass is 261 g/mol. The molecule has 1 aromatic rings. The highest BCUT2D eigenvalue weighted by atomic mass is 16.5. The standard InChI is InChI=1S/C16H23NO2/c1-2-17-10-9-12-3-8-15(18-13-4-5-13)16(11-12)19-14-6-7-14/h3,8,11,13-14,17H,2,4-7,9-10H2,1H3. The summed E-state index contributed by atoms with van der Waals surface area (Å²) in [5.41, 5.74) is 1.32. The minimum absolute atomic E-state index is 0.422. The Morgan fingerprint density at radius 1 is 1.05 bits per heavy atom. The normalized spacial score (nSPS) is 18.4. The Bertz CT molecular complexity index is 425. The molecule has 0 saturated heterocycles. The Balaban J connectivity index is 1.67. The van der Waals surface area contributed by atoms with Gasteiger partial charge in [-0.15, -0.1) is 0 Å². The Morgan fingerprint density at radius 2 is 1.74 bits per heavy atom. The molecule has 104 valence electrons.